The van der Waals surface area contributed by atoms with E-state index in [4.69, 9.17) is 9.73 Å². The molecule has 6 nitrogen and oxygen atoms in total. The highest BCUT2D eigenvalue weighted by molar-refractivity contribution is 8.18. The third kappa shape index (κ3) is 4.51. The number of hydrogen-bond donors (Lipinski definition) is 0. The second kappa shape index (κ2) is 9.37. The zero-order valence-electron chi connectivity index (χ0n) is 18.8. The molecule has 0 aliphatic carbocycles. The third-order valence-electron chi connectivity index (χ3n) is 5.91. The van der Waals surface area contributed by atoms with Gasteiger partial charge in [-0.05, 0) is 80.4 Å². The van der Waals surface area contributed by atoms with Crippen molar-refractivity contribution in [2.45, 2.75) is 32.8 Å². The van der Waals surface area contributed by atoms with E-state index in [0.717, 1.165) is 47.9 Å². The lowest BCUT2D eigenvalue weighted by Gasteiger charge is -2.19. The molecule has 2 aliphatic heterocycles. The van der Waals surface area contributed by atoms with Crippen molar-refractivity contribution in [2.75, 3.05) is 13.2 Å². The number of para-hydroxylation sites is 1. The van der Waals surface area contributed by atoms with Crippen LogP contribution >= 0.6 is 11.8 Å². The van der Waals surface area contributed by atoms with Crippen molar-refractivity contribution in [1.82, 2.24) is 14.5 Å². The Kier molecular flexibility index (Phi) is 6.15. The molecule has 2 aromatic heterocycles. The Labute approximate surface area is 198 Å². The van der Waals surface area contributed by atoms with Crippen molar-refractivity contribution in [3.05, 3.63) is 82.7 Å². The molecule has 2 saturated heterocycles. The quantitative estimate of drug-likeness (QED) is 0.489. The molecule has 2 aliphatic rings. The van der Waals surface area contributed by atoms with Gasteiger partial charge in [-0.2, -0.15) is 0 Å². The van der Waals surface area contributed by atoms with Gasteiger partial charge in [-0.1, -0.05) is 24.3 Å². The Morgan fingerprint density at radius 1 is 1.18 bits per heavy atom. The van der Waals surface area contributed by atoms with Crippen LogP contribution in [0.15, 0.2) is 70.7 Å². The maximum atomic E-state index is 13.5. The van der Waals surface area contributed by atoms with Crippen LogP contribution in [0.2, 0.25) is 0 Å². The number of amides is 1. The summed E-state index contributed by atoms with van der Waals surface area (Å²) in [6.07, 6.45) is 5.83. The summed E-state index contributed by atoms with van der Waals surface area (Å²) < 4.78 is 7.93. The third-order valence-corrected chi connectivity index (χ3v) is 6.92. The van der Waals surface area contributed by atoms with Gasteiger partial charge in [0.2, 0.25) is 0 Å². The topological polar surface area (TPSA) is 59.7 Å². The molecule has 2 fully saturated rings. The number of aromatic nitrogens is 2. The van der Waals surface area contributed by atoms with Crippen LogP contribution in [0.25, 0.3) is 11.9 Å². The summed E-state index contributed by atoms with van der Waals surface area (Å²) in [6.45, 7) is 5.40. The number of pyridine rings is 1. The van der Waals surface area contributed by atoms with Gasteiger partial charge in [0.25, 0.3) is 5.91 Å². The molecule has 1 amide bonds. The van der Waals surface area contributed by atoms with Gasteiger partial charge < -0.3 is 9.30 Å². The highest BCUT2D eigenvalue weighted by Crippen LogP contribution is 2.36. The van der Waals surface area contributed by atoms with E-state index in [1.165, 1.54) is 11.8 Å². The van der Waals surface area contributed by atoms with E-state index < -0.39 is 0 Å². The van der Waals surface area contributed by atoms with Crippen molar-refractivity contribution < 1.29 is 9.53 Å². The molecule has 3 aromatic rings. The molecule has 0 N–H and O–H groups in total. The molecule has 0 radical (unpaired) electrons. The number of aryl methyl sites for hydroxylation is 1. The average Bonchev–Trinajstić information content (AvgIpc) is 3.51. The van der Waals surface area contributed by atoms with Gasteiger partial charge in [-0.3, -0.25) is 9.69 Å². The van der Waals surface area contributed by atoms with Gasteiger partial charge in [0.05, 0.1) is 23.2 Å². The summed E-state index contributed by atoms with van der Waals surface area (Å²) in [5.74, 6) is 0.849. The first-order chi connectivity index (χ1) is 16.1. The highest BCUT2D eigenvalue weighted by atomic mass is 32.2. The number of thioether (sulfide) groups is 1. The van der Waals surface area contributed by atoms with E-state index in [-0.39, 0.29) is 12.0 Å². The minimum atomic E-state index is -0.0205. The molecular formula is C26H26N4O2S. The van der Waals surface area contributed by atoms with Gasteiger partial charge in [0, 0.05) is 24.2 Å². The Morgan fingerprint density at radius 3 is 2.73 bits per heavy atom. The van der Waals surface area contributed by atoms with Crippen LogP contribution in [0, 0.1) is 13.8 Å². The van der Waals surface area contributed by atoms with Crippen molar-refractivity contribution in [2.24, 2.45) is 4.99 Å². The normalized spacial score (nSPS) is 21.0. The first-order valence-corrected chi connectivity index (χ1v) is 12.0. The van der Waals surface area contributed by atoms with Crippen LogP contribution in [-0.4, -0.2) is 44.8 Å². The predicted octanol–water partition coefficient (Wildman–Crippen LogP) is 5.27. The second-order valence-corrected chi connectivity index (χ2v) is 9.25. The van der Waals surface area contributed by atoms with Gasteiger partial charge in [0.15, 0.2) is 5.17 Å². The molecule has 1 atom stereocenters. The summed E-state index contributed by atoms with van der Waals surface area (Å²) in [4.78, 5) is 25.2. The van der Waals surface area contributed by atoms with E-state index in [1.807, 2.05) is 54.6 Å². The van der Waals surface area contributed by atoms with Crippen LogP contribution in [0.3, 0.4) is 0 Å². The first kappa shape index (κ1) is 21.7. The molecule has 0 saturated carbocycles. The fourth-order valence-electron chi connectivity index (χ4n) is 4.27. The van der Waals surface area contributed by atoms with Crippen molar-refractivity contribution in [3.63, 3.8) is 0 Å². The lowest BCUT2D eigenvalue weighted by atomic mass is 10.2. The zero-order chi connectivity index (χ0) is 22.8. The molecular weight excluding hydrogens is 432 g/mol. The molecule has 0 spiro atoms. The maximum absolute atomic E-state index is 13.5. The minimum absolute atomic E-state index is 0.0205. The van der Waals surface area contributed by atoms with E-state index in [9.17, 15) is 4.79 Å². The number of benzene rings is 1. The molecule has 0 bridgehead atoms. The Morgan fingerprint density at radius 2 is 2.00 bits per heavy atom. The fraction of sp³-hybridized carbons (Fsp3) is 0.269. The lowest BCUT2D eigenvalue weighted by molar-refractivity contribution is -0.123. The predicted molar refractivity (Wildman–Crippen MR) is 133 cm³/mol. The summed E-state index contributed by atoms with van der Waals surface area (Å²) in [7, 11) is 0. The number of amidine groups is 1. The van der Waals surface area contributed by atoms with Crippen molar-refractivity contribution in [3.8, 4) is 5.82 Å². The SMILES string of the molecule is Cc1cc(/C=C2\SC(=Nc3ccccc3)N(C[C@@H]3CCCO3)C2=O)c(C)n1-c1ccccn1. The molecule has 0 unspecified atom stereocenters. The molecule has 33 heavy (non-hydrogen) atoms. The summed E-state index contributed by atoms with van der Waals surface area (Å²) in [5, 5.41) is 0.700. The van der Waals surface area contributed by atoms with E-state index in [1.54, 1.807) is 11.1 Å². The lowest BCUT2D eigenvalue weighted by Crippen LogP contribution is -2.36. The summed E-state index contributed by atoms with van der Waals surface area (Å²) in [6, 6.07) is 17.7. The van der Waals surface area contributed by atoms with Crippen LogP contribution in [0.4, 0.5) is 5.69 Å². The van der Waals surface area contributed by atoms with Gasteiger partial charge in [0.1, 0.15) is 5.82 Å². The molecule has 4 heterocycles. The number of rotatable bonds is 5. The van der Waals surface area contributed by atoms with E-state index in [2.05, 4.69) is 29.5 Å². The Hall–Kier alpha value is -3.16. The Balaban J connectivity index is 1.49. The van der Waals surface area contributed by atoms with Gasteiger partial charge in [-0.15, -0.1) is 0 Å². The molecule has 1 aromatic carbocycles. The van der Waals surface area contributed by atoms with E-state index >= 15 is 0 Å². The largest absolute Gasteiger partial charge is 0.376 e. The number of hydrogen-bond acceptors (Lipinski definition) is 5. The summed E-state index contributed by atoms with van der Waals surface area (Å²) >= 11 is 1.43. The molecule has 168 valence electrons. The maximum Gasteiger partial charge on any atom is 0.266 e. The molecule has 7 heteroatoms. The standard InChI is InChI=1S/C26H26N4O2S/c1-18-15-20(19(2)30(18)24-12-6-7-13-27-24)16-23-25(31)29(17-22-11-8-14-32-22)26(33-23)28-21-9-4-3-5-10-21/h3-7,9-10,12-13,15-16,22H,8,11,14,17H2,1-2H3/b23-16-,28-26?/t22-/m0/s1. The van der Waals surface area contributed by atoms with Crippen LogP contribution in [0.5, 0.6) is 0 Å². The second-order valence-electron chi connectivity index (χ2n) is 8.24. The summed E-state index contributed by atoms with van der Waals surface area (Å²) in [5.41, 5.74) is 3.96. The van der Waals surface area contributed by atoms with Gasteiger partial charge in [-0.25, -0.2) is 9.98 Å². The monoisotopic (exact) mass is 458 g/mol. The number of nitrogens with zero attached hydrogens (tertiary/aromatic N) is 4. The fourth-order valence-corrected chi connectivity index (χ4v) is 5.27. The average molecular weight is 459 g/mol. The first-order valence-electron chi connectivity index (χ1n) is 11.2. The number of aliphatic imine (C=N–C) groups is 1. The number of carbonyl (C=O) groups is 1. The minimum Gasteiger partial charge on any atom is -0.376 e. The number of carbonyl (C=O) groups excluding carboxylic acids is 1. The molecule has 5 rings (SSSR count). The highest BCUT2D eigenvalue weighted by Gasteiger charge is 2.36. The smallest absolute Gasteiger partial charge is 0.266 e. The van der Waals surface area contributed by atoms with Crippen LogP contribution in [-0.2, 0) is 9.53 Å². The van der Waals surface area contributed by atoms with Crippen molar-refractivity contribution in [1.29, 1.82) is 0 Å². The van der Waals surface area contributed by atoms with Crippen LogP contribution < -0.4 is 0 Å². The number of ether oxygens (including phenoxy) is 1. The van der Waals surface area contributed by atoms with Crippen molar-refractivity contribution >= 4 is 34.6 Å². The van der Waals surface area contributed by atoms with Gasteiger partial charge >= 0.3 is 0 Å². The van der Waals surface area contributed by atoms with Crippen LogP contribution in [0.1, 0.15) is 29.8 Å². The zero-order valence-corrected chi connectivity index (χ0v) is 19.6. The Bertz CT molecular complexity index is 1210. The van der Waals surface area contributed by atoms with E-state index in [0.29, 0.717) is 16.6 Å².